The summed E-state index contributed by atoms with van der Waals surface area (Å²) in [5.41, 5.74) is 3.33. The van der Waals surface area contributed by atoms with Crippen molar-refractivity contribution in [3.63, 3.8) is 0 Å². The molecule has 1 nitrogen and oxygen atoms in total. The fourth-order valence-electron chi connectivity index (χ4n) is 2.46. The number of benzene rings is 2. The van der Waals surface area contributed by atoms with Crippen LogP contribution in [0.25, 0.3) is 0 Å². The lowest BCUT2D eigenvalue weighted by atomic mass is 9.95. The van der Waals surface area contributed by atoms with Gasteiger partial charge in [-0.3, -0.25) is 0 Å². The number of halogens is 3. The van der Waals surface area contributed by atoms with Gasteiger partial charge in [0, 0.05) is 21.1 Å². The lowest BCUT2D eigenvalue weighted by molar-refractivity contribution is 0.547. The van der Waals surface area contributed by atoms with Gasteiger partial charge in [-0.25, -0.2) is 0 Å². The van der Waals surface area contributed by atoms with E-state index in [1.54, 1.807) is 6.07 Å². The summed E-state index contributed by atoms with van der Waals surface area (Å²) < 4.78 is 0. The predicted molar refractivity (Wildman–Crippen MR) is 92.8 cm³/mol. The van der Waals surface area contributed by atoms with E-state index in [0.29, 0.717) is 5.02 Å². The highest BCUT2D eigenvalue weighted by Crippen LogP contribution is 2.29. The molecule has 1 N–H and O–H groups in total. The largest absolute Gasteiger partial charge is 0.310 e. The molecule has 0 aliphatic heterocycles. The number of hydrogen-bond acceptors (Lipinski definition) is 1. The molecule has 0 saturated carbocycles. The van der Waals surface area contributed by atoms with Crippen molar-refractivity contribution in [2.75, 3.05) is 6.54 Å². The average molecular weight is 343 g/mol. The quantitative estimate of drug-likeness (QED) is 0.719. The van der Waals surface area contributed by atoms with Gasteiger partial charge in [-0.15, -0.1) is 0 Å². The molecule has 4 heteroatoms. The molecule has 0 radical (unpaired) electrons. The highest BCUT2D eigenvalue weighted by molar-refractivity contribution is 6.33. The van der Waals surface area contributed by atoms with Crippen LogP contribution in [0.1, 0.15) is 29.7 Å². The van der Waals surface area contributed by atoms with Crippen molar-refractivity contribution in [2.45, 2.75) is 26.3 Å². The topological polar surface area (TPSA) is 12.0 Å². The van der Waals surface area contributed by atoms with Crippen LogP contribution in [0.3, 0.4) is 0 Å². The average Bonchev–Trinajstić information content (AvgIpc) is 2.45. The molecule has 0 fully saturated rings. The smallest absolute Gasteiger partial charge is 0.0439 e. The first kappa shape index (κ1) is 16.6. The second kappa shape index (κ2) is 7.51. The molecule has 0 saturated heterocycles. The van der Waals surface area contributed by atoms with E-state index >= 15 is 0 Å². The van der Waals surface area contributed by atoms with E-state index in [1.165, 1.54) is 5.56 Å². The Morgan fingerprint density at radius 3 is 2.52 bits per heavy atom. The molecule has 0 aromatic heterocycles. The van der Waals surface area contributed by atoms with Crippen molar-refractivity contribution in [2.24, 2.45) is 0 Å². The van der Waals surface area contributed by atoms with Gasteiger partial charge in [-0.2, -0.15) is 0 Å². The standard InChI is InChI=1S/C17H18Cl3N/c1-3-21-17(14-5-4-6-15(19)11(14)2)10-12-9-13(18)7-8-16(12)20/h4-9,17,21H,3,10H2,1-2H3. The summed E-state index contributed by atoms with van der Waals surface area (Å²) in [6.07, 6.45) is 0.772. The zero-order valence-electron chi connectivity index (χ0n) is 12.1. The Bertz CT molecular complexity index is 625. The first-order valence-corrected chi connectivity index (χ1v) is 8.08. The Balaban J connectivity index is 2.35. The van der Waals surface area contributed by atoms with Crippen LogP contribution in [-0.2, 0) is 6.42 Å². The summed E-state index contributed by atoms with van der Waals surface area (Å²) in [5.74, 6) is 0. The fourth-order valence-corrected chi connectivity index (χ4v) is 3.03. The maximum absolute atomic E-state index is 6.29. The van der Waals surface area contributed by atoms with Crippen LogP contribution in [0.5, 0.6) is 0 Å². The number of likely N-dealkylation sites (N-methyl/N-ethyl adjacent to an activating group) is 1. The normalized spacial score (nSPS) is 12.4. The van der Waals surface area contributed by atoms with Gasteiger partial charge in [-0.05, 0) is 60.8 Å². The second-order valence-corrected chi connectivity index (χ2v) is 6.26. The summed E-state index contributed by atoms with van der Waals surface area (Å²) in [4.78, 5) is 0. The molecule has 2 rings (SSSR count). The summed E-state index contributed by atoms with van der Waals surface area (Å²) in [5, 5.41) is 5.73. The first-order chi connectivity index (χ1) is 10.0. The third kappa shape index (κ3) is 4.14. The molecule has 2 aromatic rings. The van der Waals surface area contributed by atoms with Crippen LogP contribution in [-0.4, -0.2) is 6.54 Å². The van der Waals surface area contributed by atoms with Gasteiger partial charge in [0.05, 0.1) is 0 Å². The van der Waals surface area contributed by atoms with Crippen LogP contribution < -0.4 is 5.32 Å². The molecule has 21 heavy (non-hydrogen) atoms. The Hall–Kier alpha value is -0.730. The highest BCUT2D eigenvalue weighted by atomic mass is 35.5. The highest BCUT2D eigenvalue weighted by Gasteiger charge is 2.16. The van der Waals surface area contributed by atoms with Crippen LogP contribution in [0, 0.1) is 6.92 Å². The van der Waals surface area contributed by atoms with Crippen LogP contribution >= 0.6 is 34.8 Å². The molecular formula is C17H18Cl3N. The molecule has 0 spiro atoms. The van der Waals surface area contributed by atoms with Crippen molar-refractivity contribution in [3.05, 3.63) is 68.2 Å². The van der Waals surface area contributed by atoms with Gasteiger partial charge in [0.15, 0.2) is 0 Å². The SMILES string of the molecule is CCNC(Cc1cc(Cl)ccc1Cl)c1cccc(Cl)c1C. The van der Waals surface area contributed by atoms with Gasteiger partial charge < -0.3 is 5.32 Å². The molecule has 0 aliphatic carbocycles. The van der Waals surface area contributed by atoms with Crippen molar-refractivity contribution < 1.29 is 0 Å². The molecule has 0 amide bonds. The van der Waals surface area contributed by atoms with E-state index in [2.05, 4.69) is 18.3 Å². The Labute approximate surface area is 141 Å². The zero-order chi connectivity index (χ0) is 15.4. The second-order valence-electron chi connectivity index (χ2n) is 5.00. The number of nitrogens with one attached hydrogen (secondary N) is 1. The maximum atomic E-state index is 6.29. The minimum atomic E-state index is 0.157. The molecule has 0 heterocycles. The van der Waals surface area contributed by atoms with Crippen molar-refractivity contribution in [1.29, 1.82) is 0 Å². The molecular weight excluding hydrogens is 325 g/mol. The fraction of sp³-hybridized carbons (Fsp3) is 0.294. The van der Waals surface area contributed by atoms with E-state index in [9.17, 15) is 0 Å². The summed E-state index contributed by atoms with van der Waals surface area (Å²) in [6, 6.07) is 11.7. The Kier molecular flexibility index (Phi) is 5.95. The maximum Gasteiger partial charge on any atom is 0.0439 e. The third-order valence-corrected chi connectivity index (χ3v) is 4.58. The number of rotatable bonds is 5. The number of hydrogen-bond donors (Lipinski definition) is 1. The minimum Gasteiger partial charge on any atom is -0.310 e. The van der Waals surface area contributed by atoms with E-state index in [1.807, 2.05) is 31.2 Å². The van der Waals surface area contributed by atoms with E-state index in [-0.39, 0.29) is 6.04 Å². The van der Waals surface area contributed by atoms with Crippen molar-refractivity contribution >= 4 is 34.8 Å². The van der Waals surface area contributed by atoms with Crippen LogP contribution in [0.15, 0.2) is 36.4 Å². The van der Waals surface area contributed by atoms with E-state index in [0.717, 1.165) is 34.1 Å². The van der Waals surface area contributed by atoms with Crippen molar-refractivity contribution in [1.82, 2.24) is 5.32 Å². The Morgan fingerprint density at radius 1 is 1.05 bits per heavy atom. The van der Waals surface area contributed by atoms with Gasteiger partial charge in [0.2, 0.25) is 0 Å². The molecule has 1 unspecified atom stereocenters. The molecule has 1 atom stereocenters. The summed E-state index contributed by atoms with van der Waals surface area (Å²) >= 11 is 18.6. The van der Waals surface area contributed by atoms with Gasteiger partial charge in [0.1, 0.15) is 0 Å². The summed E-state index contributed by atoms with van der Waals surface area (Å²) in [6.45, 7) is 5.00. The summed E-state index contributed by atoms with van der Waals surface area (Å²) in [7, 11) is 0. The van der Waals surface area contributed by atoms with Gasteiger partial charge in [0.25, 0.3) is 0 Å². The predicted octanol–water partition coefficient (Wildman–Crippen LogP) is 5.85. The lowest BCUT2D eigenvalue weighted by Gasteiger charge is -2.22. The Morgan fingerprint density at radius 2 is 1.81 bits per heavy atom. The lowest BCUT2D eigenvalue weighted by Crippen LogP contribution is -2.24. The van der Waals surface area contributed by atoms with Crippen LogP contribution in [0.4, 0.5) is 0 Å². The zero-order valence-corrected chi connectivity index (χ0v) is 14.4. The van der Waals surface area contributed by atoms with Gasteiger partial charge in [-0.1, -0.05) is 53.9 Å². The minimum absolute atomic E-state index is 0.157. The van der Waals surface area contributed by atoms with Crippen LogP contribution in [0.2, 0.25) is 15.1 Å². The van der Waals surface area contributed by atoms with Crippen molar-refractivity contribution in [3.8, 4) is 0 Å². The first-order valence-electron chi connectivity index (χ1n) is 6.95. The van der Waals surface area contributed by atoms with E-state index in [4.69, 9.17) is 34.8 Å². The molecule has 0 aliphatic rings. The third-order valence-electron chi connectivity index (χ3n) is 3.57. The van der Waals surface area contributed by atoms with E-state index < -0.39 is 0 Å². The molecule has 0 bridgehead atoms. The molecule has 2 aromatic carbocycles. The molecule has 112 valence electrons. The monoisotopic (exact) mass is 341 g/mol. The van der Waals surface area contributed by atoms with Gasteiger partial charge >= 0.3 is 0 Å².